The molecule has 0 aliphatic rings. The van der Waals surface area contributed by atoms with E-state index in [4.69, 9.17) is 14.4 Å². The molecule has 10 rings (SSSR count). The second-order valence-electron chi connectivity index (χ2n) is 15.1. The maximum atomic E-state index is 12.1. The minimum Gasteiger partial charge on any atom is -0.515 e. The number of hydrogen-bond donors (Lipinski definition) is 1. The van der Waals surface area contributed by atoms with Crippen LogP contribution in [0.15, 0.2) is 162 Å². The van der Waals surface area contributed by atoms with Crippen LogP contribution < -0.4 is 0 Å². The molecule has 56 heavy (non-hydrogen) atoms. The molecule has 0 bridgehead atoms. The SMILES string of the molecule is CC(C)(C)c1cc(-c2ccccc2)cc(-c2[c-]c(-c3cc4c(oc5ccccc54)c(-n4c5ccccc5c5cccnc54)n3)cc(-c3ccccc3)c2)c1O.[Pt]. The average molecular weight is 906 g/mol. The number of para-hydroxylation sites is 2. The van der Waals surface area contributed by atoms with Gasteiger partial charge in [0.2, 0.25) is 0 Å². The van der Waals surface area contributed by atoms with Gasteiger partial charge in [-0.1, -0.05) is 141 Å². The Balaban J connectivity index is 0.00000410. The Morgan fingerprint density at radius 1 is 0.607 bits per heavy atom. The summed E-state index contributed by atoms with van der Waals surface area (Å²) in [6.07, 6.45) is 1.82. The topological polar surface area (TPSA) is 64.1 Å². The third-order valence-corrected chi connectivity index (χ3v) is 10.6. The van der Waals surface area contributed by atoms with Crippen LogP contribution in [0.2, 0.25) is 0 Å². The summed E-state index contributed by atoms with van der Waals surface area (Å²) in [5.41, 5.74) is 11.0. The maximum absolute atomic E-state index is 12.1. The Kier molecular flexibility index (Phi) is 8.71. The smallest absolute Gasteiger partial charge is 0.177 e. The van der Waals surface area contributed by atoms with Gasteiger partial charge in [0.05, 0.1) is 11.3 Å². The quantitative estimate of drug-likeness (QED) is 0.175. The van der Waals surface area contributed by atoms with Gasteiger partial charge < -0.3 is 9.52 Å². The molecule has 6 heteroatoms. The van der Waals surface area contributed by atoms with E-state index in [1.165, 1.54) is 0 Å². The molecule has 4 aromatic heterocycles. The first-order valence-electron chi connectivity index (χ1n) is 18.5. The van der Waals surface area contributed by atoms with E-state index in [1.807, 2.05) is 72.9 Å². The molecule has 0 aliphatic carbocycles. The fraction of sp³-hybridized carbons (Fsp3) is 0.0800. The Morgan fingerprint density at radius 2 is 1.23 bits per heavy atom. The Bertz CT molecular complexity index is 3030. The molecule has 0 saturated carbocycles. The van der Waals surface area contributed by atoms with Gasteiger partial charge in [0.1, 0.15) is 11.2 Å². The maximum Gasteiger partial charge on any atom is 0.177 e. The molecule has 5 nitrogen and oxygen atoms in total. The summed E-state index contributed by atoms with van der Waals surface area (Å²) in [7, 11) is 0. The van der Waals surface area contributed by atoms with E-state index in [2.05, 4.69) is 116 Å². The van der Waals surface area contributed by atoms with Crippen molar-refractivity contribution in [3.63, 3.8) is 0 Å². The van der Waals surface area contributed by atoms with E-state index >= 15 is 0 Å². The average Bonchev–Trinajstić information content (AvgIpc) is 3.77. The number of aromatic hydroxyl groups is 1. The third kappa shape index (κ3) is 5.91. The van der Waals surface area contributed by atoms with Crippen LogP contribution >= 0.6 is 0 Å². The van der Waals surface area contributed by atoms with Crippen molar-refractivity contribution in [1.82, 2.24) is 14.5 Å². The number of furan rings is 1. The molecule has 0 unspecified atom stereocenters. The van der Waals surface area contributed by atoms with Crippen molar-refractivity contribution < 1.29 is 30.6 Å². The summed E-state index contributed by atoms with van der Waals surface area (Å²) in [5.74, 6) is 0.901. The largest absolute Gasteiger partial charge is 0.515 e. The van der Waals surface area contributed by atoms with Crippen LogP contribution in [0.3, 0.4) is 0 Å². The Morgan fingerprint density at radius 3 is 1.96 bits per heavy atom. The molecular formula is C50H36N3O2Pt-. The molecule has 4 heterocycles. The summed E-state index contributed by atoms with van der Waals surface area (Å²) in [6, 6.07) is 55.5. The van der Waals surface area contributed by atoms with Crippen LogP contribution in [0.5, 0.6) is 5.75 Å². The minimum absolute atomic E-state index is 0. The van der Waals surface area contributed by atoms with Gasteiger partial charge in [0.25, 0.3) is 0 Å². The van der Waals surface area contributed by atoms with Gasteiger partial charge in [-0.15, -0.1) is 23.8 Å². The molecular weight excluding hydrogens is 870 g/mol. The third-order valence-electron chi connectivity index (χ3n) is 10.6. The summed E-state index contributed by atoms with van der Waals surface area (Å²) < 4.78 is 8.76. The predicted octanol–water partition coefficient (Wildman–Crippen LogP) is 12.9. The Hall–Kier alpha value is -6.29. The first-order valence-corrected chi connectivity index (χ1v) is 18.5. The zero-order valence-electron chi connectivity index (χ0n) is 31.0. The monoisotopic (exact) mass is 905 g/mol. The predicted molar refractivity (Wildman–Crippen MR) is 225 cm³/mol. The van der Waals surface area contributed by atoms with Crippen molar-refractivity contribution in [2.45, 2.75) is 26.2 Å². The summed E-state index contributed by atoms with van der Waals surface area (Å²) in [6.45, 7) is 6.40. The van der Waals surface area contributed by atoms with E-state index in [9.17, 15) is 5.11 Å². The number of phenolic OH excluding ortho intramolecular Hbond substituents is 1. The number of fused-ring (bicyclic) bond motifs is 6. The second kappa shape index (κ2) is 13.8. The molecule has 0 saturated heterocycles. The number of hydrogen-bond acceptors (Lipinski definition) is 4. The van der Waals surface area contributed by atoms with Gasteiger partial charge in [-0.3, -0.25) is 9.55 Å². The summed E-state index contributed by atoms with van der Waals surface area (Å²) >= 11 is 0. The summed E-state index contributed by atoms with van der Waals surface area (Å²) in [5, 5.41) is 16.2. The van der Waals surface area contributed by atoms with Crippen molar-refractivity contribution in [2.75, 3.05) is 0 Å². The van der Waals surface area contributed by atoms with Gasteiger partial charge in [-0.25, -0.2) is 4.98 Å². The van der Waals surface area contributed by atoms with Crippen LogP contribution in [0.25, 0.3) is 94.3 Å². The van der Waals surface area contributed by atoms with E-state index in [0.29, 0.717) is 17.0 Å². The fourth-order valence-corrected chi connectivity index (χ4v) is 7.87. The summed E-state index contributed by atoms with van der Waals surface area (Å²) in [4.78, 5) is 10.3. The number of benzene rings is 6. The van der Waals surface area contributed by atoms with Crippen LogP contribution in [0, 0.1) is 6.07 Å². The van der Waals surface area contributed by atoms with E-state index in [0.717, 1.165) is 82.9 Å². The van der Waals surface area contributed by atoms with Crippen molar-refractivity contribution >= 4 is 43.9 Å². The number of pyridine rings is 2. The van der Waals surface area contributed by atoms with Crippen molar-refractivity contribution in [3.05, 3.63) is 169 Å². The first kappa shape index (κ1) is 35.4. The molecule has 1 N–H and O–H groups in total. The Labute approximate surface area is 339 Å². The van der Waals surface area contributed by atoms with Crippen LogP contribution in [0.1, 0.15) is 26.3 Å². The van der Waals surface area contributed by atoms with Crippen LogP contribution in [-0.4, -0.2) is 19.6 Å². The van der Waals surface area contributed by atoms with Gasteiger partial charge in [-0.05, 0) is 63.6 Å². The normalized spacial score (nSPS) is 11.8. The van der Waals surface area contributed by atoms with Crippen molar-refractivity contribution in [3.8, 4) is 56.2 Å². The molecule has 0 radical (unpaired) electrons. The van der Waals surface area contributed by atoms with E-state index in [1.54, 1.807) is 0 Å². The molecule has 0 aliphatic heterocycles. The van der Waals surface area contributed by atoms with Gasteiger partial charge in [-0.2, -0.15) is 0 Å². The molecule has 0 atom stereocenters. The van der Waals surface area contributed by atoms with Gasteiger partial charge in [0, 0.05) is 54.5 Å². The zero-order valence-corrected chi connectivity index (χ0v) is 33.3. The molecule has 6 aromatic carbocycles. The molecule has 10 aromatic rings. The number of nitrogens with zero attached hydrogens (tertiary/aromatic N) is 3. The number of aromatic nitrogens is 3. The zero-order chi connectivity index (χ0) is 37.3. The first-order chi connectivity index (χ1) is 26.8. The second-order valence-corrected chi connectivity index (χ2v) is 15.1. The molecule has 0 fully saturated rings. The molecule has 274 valence electrons. The van der Waals surface area contributed by atoms with Crippen molar-refractivity contribution in [1.29, 1.82) is 0 Å². The number of phenols is 1. The molecule has 0 spiro atoms. The van der Waals surface area contributed by atoms with Crippen molar-refractivity contribution in [2.24, 2.45) is 0 Å². The van der Waals surface area contributed by atoms with Crippen LogP contribution in [-0.2, 0) is 26.5 Å². The van der Waals surface area contributed by atoms with Gasteiger partial charge >= 0.3 is 0 Å². The van der Waals surface area contributed by atoms with Crippen LogP contribution in [0.4, 0.5) is 0 Å². The van der Waals surface area contributed by atoms with E-state index in [-0.39, 0.29) is 32.2 Å². The fourth-order valence-electron chi connectivity index (χ4n) is 7.87. The standard InChI is InChI=1S/C50H36N3O2.Pt/c1-50(2,3)42-29-34(32-17-8-5-9-18-32)28-40(46(42)54)35-25-33(31-15-6-4-7-16-31)26-36(27-35)43-30-41-38-20-11-13-23-45(38)55-47(41)49(52-43)53-44-22-12-10-19-37(44)39-21-14-24-51-48(39)53;/h4-26,28-30,54H,1-3H3;/q-1;. The molecule has 0 amide bonds. The van der Waals surface area contributed by atoms with E-state index < -0.39 is 0 Å². The minimum atomic E-state index is -0.316. The number of rotatable bonds is 5. The van der Waals surface area contributed by atoms with Gasteiger partial charge in [0.15, 0.2) is 11.4 Å².